The Morgan fingerprint density at radius 1 is 1.07 bits per heavy atom. The van der Waals surface area contributed by atoms with Gasteiger partial charge < -0.3 is 14.6 Å². The number of methoxy groups -OCH3 is 1. The highest BCUT2D eigenvalue weighted by atomic mass is 16.5. The van der Waals surface area contributed by atoms with Crippen molar-refractivity contribution in [3.05, 3.63) is 76.1 Å². The summed E-state index contributed by atoms with van der Waals surface area (Å²) in [4.78, 5) is 30.3. The van der Waals surface area contributed by atoms with Gasteiger partial charge in [0.25, 0.3) is 11.5 Å². The lowest BCUT2D eigenvalue weighted by Crippen LogP contribution is -2.46. The molecule has 0 bridgehead atoms. The maximum absolute atomic E-state index is 13.2. The summed E-state index contributed by atoms with van der Waals surface area (Å²) in [5.41, 5.74) is 1.23. The van der Waals surface area contributed by atoms with E-state index < -0.39 is 5.54 Å². The number of carbonyl (C=O) groups is 1. The van der Waals surface area contributed by atoms with Crippen LogP contribution in [0.2, 0.25) is 0 Å². The molecule has 0 aliphatic rings. The maximum Gasteiger partial charge on any atom is 0.254 e. The number of H-pyrrole nitrogens is 1. The van der Waals surface area contributed by atoms with E-state index in [0.717, 1.165) is 10.9 Å². The SMILES string of the molecule is COc1cccc(C(=O)N(Cc2cc3ccccc3[nH]c2=O)C(C)(C)C)c1. The molecule has 5 heteroatoms. The lowest BCUT2D eigenvalue weighted by Gasteiger charge is -2.36. The number of para-hydroxylation sites is 1. The Morgan fingerprint density at radius 3 is 2.52 bits per heavy atom. The van der Waals surface area contributed by atoms with E-state index in [-0.39, 0.29) is 18.0 Å². The number of fused-ring (bicyclic) bond motifs is 1. The van der Waals surface area contributed by atoms with Crippen molar-refractivity contribution in [2.45, 2.75) is 32.9 Å². The molecular formula is C22H24N2O3. The smallest absolute Gasteiger partial charge is 0.254 e. The highest BCUT2D eigenvalue weighted by molar-refractivity contribution is 5.95. The van der Waals surface area contributed by atoms with Crippen LogP contribution in [0.4, 0.5) is 0 Å². The van der Waals surface area contributed by atoms with E-state index in [1.165, 1.54) is 0 Å². The molecule has 0 radical (unpaired) electrons. The van der Waals surface area contributed by atoms with E-state index in [0.29, 0.717) is 16.9 Å². The van der Waals surface area contributed by atoms with Crippen LogP contribution < -0.4 is 10.3 Å². The summed E-state index contributed by atoms with van der Waals surface area (Å²) >= 11 is 0. The van der Waals surface area contributed by atoms with Crippen molar-refractivity contribution < 1.29 is 9.53 Å². The molecule has 0 spiro atoms. The molecule has 1 aromatic heterocycles. The molecule has 1 heterocycles. The van der Waals surface area contributed by atoms with Crippen molar-refractivity contribution in [2.24, 2.45) is 0 Å². The van der Waals surface area contributed by atoms with Gasteiger partial charge in [-0.2, -0.15) is 0 Å². The van der Waals surface area contributed by atoms with Crippen LogP contribution in [0.5, 0.6) is 5.75 Å². The molecule has 0 aliphatic heterocycles. The van der Waals surface area contributed by atoms with Crippen LogP contribution in [0.3, 0.4) is 0 Å². The number of nitrogens with zero attached hydrogens (tertiary/aromatic N) is 1. The first-order chi connectivity index (χ1) is 12.8. The van der Waals surface area contributed by atoms with Crippen LogP contribution in [0, 0.1) is 0 Å². The normalized spacial score (nSPS) is 11.4. The largest absolute Gasteiger partial charge is 0.497 e. The minimum Gasteiger partial charge on any atom is -0.497 e. The predicted octanol–water partition coefficient (Wildman–Crippen LogP) is 3.98. The Balaban J connectivity index is 2.00. The van der Waals surface area contributed by atoms with E-state index in [4.69, 9.17) is 4.74 Å². The summed E-state index contributed by atoms with van der Waals surface area (Å²) in [6.07, 6.45) is 0. The van der Waals surface area contributed by atoms with Crippen LogP contribution in [-0.2, 0) is 6.54 Å². The number of nitrogens with one attached hydrogen (secondary N) is 1. The van der Waals surface area contributed by atoms with Crippen LogP contribution in [-0.4, -0.2) is 28.4 Å². The van der Waals surface area contributed by atoms with Gasteiger partial charge in [0, 0.05) is 22.2 Å². The van der Waals surface area contributed by atoms with Crippen molar-refractivity contribution in [1.82, 2.24) is 9.88 Å². The number of amides is 1. The maximum atomic E-state index is 13.2. The summed E-state index contributed by atoms with van der Waals surface area (Å²) < 4.78 is 5.23. The third-order valence-corrected chi connectivity index (χ3v) is 4.53. The Bertz CT molecular complexity index is 1030. The second kappa shape index (κ2) is 7.27. The molecule has 0 fully saturated rings. The fraction of sp³-hybridized carbons (Fsp3) is 0.273. The number of aromatic nitrogens is 1. The number of ether oxygens (including phenoxy) is 1. The van der Waals surface area contributed by atoms with E-state index in [2.05, 4.69) is 4.98 Å². The van der Waals surface area contributed by atoms with Gasteiger partial charge in [-0.05, 0) is 56.5 Å². The van der Waals surface area contributed by atoms with Crippen molar-refractivity contribution >= 4 is 16.8 Å². The van der Waals surface area contributed by atoms with Crippen LogP contribution in [0.15, 0.2) is 59.4 Å². The average molecular weight is 364 g/mol. The number of carbonyl (C=O) groups excluding carboxylic acids is 1. The quantitative estimate of drug-likeness (QED) is 0.762. The van der Waals surface area contributed by atoms with E-state index in [9.17, 15) is 9.59 Å². The second-order valence-corrected chi connectivity index (χ2v) is 7.51. The van der Waals surface area contributed by atoms with Gasteiger partial charge in [-0.25, -0.2) is 0 Å². The fourth-order valence-electron chi connectivity index (χ4n) is 3.01. The molecule has 2 aromatic carbocycles. The van der Waals surface area contributed by atoms with E-state index in [1.54, 1.807) is 36.3 Å². The topological polar surface area (TPSA) is 62.4 Å². The van der Waals surface area contributed by atoms with Gasteiger partial charge in [-0.3, -0.25) is 9.59 Å². The summed E-state index contributed by atoms with van der Waals surface area (Å²) in [6, 6.07) is 16.5. The van der Waals surface area contributed by atoms with Crippen molar-refractivity contribution in [3.8, 4) is 5.75 Å². The number of benzene rings is 2. The molecule has 0 atom stereocenters. The van der Waals surface area contributed by atoms with Gasteiger partial charge in [0.05, 0.1) is 13.7 Å². The monoisotopic (exact) mass is 364 g/mol. The van der Waals surface area contributed by atoms with Gasteiger partial charge in [0.15, 0.2) is 0 Å². The zero-order valence-corrected chi connectivity index (χ0v) is 16.1. The molecule has 0 saturated heterocycles. The van der Waals surface area contributed by atoms with E-state index in [1.807, 2.05) is 51.1 Å². The Labute approximate surface area is 158 Å². The second-order valence-electron chi connectivity index (χ2n) is 7.51. The van der Waals surface area contributed by atoms with Crippen molar-refractivity contribution in [2.75, 3.05) is 7.11 Å². The molecule has 3 aromatic rings. The number of aromatic amines is 1. The molecule has 140 valence electrons. The molecule has 5 nitrogen and oxygen atoms in total. The van der Waals surface area contributed by atoms with Gasteiger partial charge in [-0.15, -0.1) is 0 Å². The zero-order valence-electron chi connectivity index (χ0n) is 16.1. The summed E-state index contributed by atoms with van der Waals surface area (Å²) in [6.45, 7) is 6.10. The van der Waals surface area contributed by atoms with Crippen LogP contribution in [0.1, 0.15) is 36.7 Å². The molecule has 0 unspecified atom stereocenters. The van der Waals surface area contributed by atoms with Crippen molar-refractivity contribution in [1.29, 1.82) is 0 Å². The van der Waals surface area contributed by atoms with Gasteiger partial charge >= 0.3 is 0 Å². The summed E-state index contributed by atoms with van der Waals surface area (Å²) in [7, 11) is 1.57. The van der Waals surface area contributed by atoms with Crippen molar-refractivity contribution in [3.63, 3.8) is 0 Å². The molecule has 3 rings (SSSR count). The first-order valence-corrected chi connectivity index (χ1v) is 8.86. The lowest BCUT2D eigenvalue weighted by molar-refractivity contribution is 0.0557. The third kappa shape index (κ3) is 4.03. The minimum absolute atomic E-state index is 0.144. The standard InChI is InChI=1S/C22H24N2O3/c1-22(2,3)24(21(26)16-9-7-10-18(13-16)27-4)14-17-12-15-8-5-6-11-19(15)23-20(17)25/h5-13H,14H2,1-4H3,(H,23,25). The molecular weight excluding hydrogens is 340 g/mol. The number of hydrogen-bond acceptors (Lipinski definition) is 3. The fourth-order valence-corrected chi connectivity index (χ4v) is 3.01. The summed E-state index contributed by atoms with van der Waals surface area (Å²) in [5.74, 6) is 0.479. The van der Waals surface area contributed by atoms with Gasteiger partial charge in [0.1, 0.15) is 5.75 Å². The molecule has 1 N–H and O–H groups in total. The Kier molecular flexibility index (Phi) is 5.04. The number of pyridine rings is 1. The third-order valence-electron chi connectivity index (χ3n) is 4.53. The first kappa shape index (κ1) is 18.7. The molecule has 27 heavy (non-hydrogen) atoms. The zero-order chi connectivity index (χ0) is 19.6. The van der Waals surface area contributed by atoms with Gasteiger partial charge in [-0.1, -0.05) is 24.3 Å². The Morgan fingerprint density at radius 2 is 1.81 bits per heavy atom. The molecule has 1 amide bonds. The summed E-state index contributed by atoms with van der Waals surface area (Å²) in [5, 5.41) is 0.940. The van der Waals surface area contributed by atoms with Crippen LogP contribution in [0.25, 0.3) is 10.9 Å². The Hall–Kier alpha value is -3.08. The first-order valence-electron chi connectivity index (χ1n) is 8.86. The van der Waals surface area contributed by atoms with Crippen LogP contribution >= 0.6 is 0 Å². The minimum atomic E-state index is -0.460. The molecule has 0 saturated carbocycles. The molecule has 0 aliphatic carbocycles. The lowest BCUT2D eigenvalue weighted by atomic mass is 10.0. The number of rotatable bonds is 4. The highest BCUT2D eigenvalue weighted by Gasteiger charge is 2.28. The van der Waals surface area contributed by atoms with E-state index >= 15 is 0 Å². The highest BCUT2D eigenvalue weighted by Crippen LogP contribution is 2.22. The predicted molar refractivity (Wildman–Crippen MR) is 107 cm³/mol. The number of hydrogen-bond donors (Lipinski definition) is 1. The van der Waals surface area contributed by atoms with Gasteiger partial charge in [0.2, 0.25) is 0 Å². The average Bonchev–Trinajstić information content (AvgIpc) is 2.64.